The Labute approximate surface area is 158 Å². The maximum Gasteiger partial charge on any atom is 0.266 e. The van der Waals surface area contributed by atoms with Crippen molar-refractivity contribution in [1.29, 1.82) is 0 Å². The first-order valence-corrected chi connectivity index (χ1v) is 9.51. The van der Waals surface area contributed by atoms with Crippen molar-refractivity contribution in [2.75, 3.05) is 7.05 Å². The molecule has 2 N–H and O–H groups in total. The molecule has 27 heavy (non-hydrogen) atoms. The van der Waals surface area contributed by atoms with Gasteiger partial charge >= 0.3 is 0 Å². The van der Waals surface area contributed by atoms with Crippen molar-refractivity contribution in [3.8, 4) is 11.5 Å². The van der Waals surface area contributed by atoms with Gasteiger partial charge in [0.05, 0.1) is 6.20 Å². The predicted octanol–water partition coefficient (Wildman–Crippen LogP) is 3.27. The molecular weight excluding hydrogens is 340 g/mol. The van der Waals surface area contributed by atoms with E-state index in [0.29, 0.717) is 23.0 Å². The fraction of sp³-hybridized carbons (Fsp3) is 0.381. The van der Waals surface area contributed by atoms with Gasteiger partial charge in [-0.25, -0.2) is 4.99 Å². The Morgan fingerprint density at radius 3 is 2.70 bits per heavy atom. The highest BCUT2D eigenvalue weighted by Crippen LogP contribution is 2.52. The van der Waals surface area contributed by atoms with E-state index < -0.39 is 5.54 Å². The summed E-state index contributed by atoms with van der Waals surface area (Å²) in [6.45, 7) is 0. The van der Waals surface area contributed by atoms with Gasteiger partial charge < -0.3 is 10.5 Å². The van der Waals surface area contributed by atoms with Crippen LogP contribution in [0.15, 0.2) is 41.7 Å². The van der Waals surface area contributed by atoms with Gasteiger partial charge in [-0.1, -0.05) is 25.3 Å². The fourth-order valence-corrected chi connectivity index (χ4v) is 4.63. The van der Waals surface area contributed by atoms with Crippen LogP contribution in [-0.4, -0.2) is 28.8 Å². The van der Waals surface area contributed by atoms with Crippen LogP contribution in [0.25, 0.3) is 0 Å². The molecule has 138 valence electrons. The number of hydrogen-bond acceptors (Lipinski definition) is 5. The summed E-state index contributed by atoms with van der Waals surface area (Å²) in [5.41, 5.74) is 7.61. The summed E-state index contributed by atoms with van der Waals surface area (Å²) < 4.78 is 6.08. The van der Waals surface area contributed by atoms with Crippen LogP contribution in [0.3, 0.4) is 0 Å². The minimum absolute atomic E-state index is 0.155. The van der Waals surface area contributed by atoms with Crippen molar-refractivity contribution in [2.24, 2.45) is 10.7 Å². The van der Waals surface area contributed by atoms with Crippen LogP contribution in [-0.2, 0) is 10.3 Å². The average Bonchev–Trinajstić information content (AvgIpc) is 2.94. The number of amides is 1. The summed E-state index contributed by atoms with van der Waals surface area (Å²) in [5.74, 6) is 1.79. The summed E-state index contributed by atoms with van der Waals surface area (Å²) >= 11 is 0. The summed E-state index contributed by atoms with van der Waals surface area (Å²) in [6.07, 6.45) is 9.48. The van der Waals surface area contributed by atoms with Gasteiger partial charge in [-0.05, 0) is 42.5 Å². The summed E-state index contributed by atoms with van der Waals surface area (Å²) in [7, 11) is 1.66. The smallest absolute Gasteiger partial charge is 0.266 e. The number of guanidine groups is 1. The number of fused-ring (bicyclic) bond motifs is 4. The number of rotatable bonds is 1. The van der Waals surface area contributed by atoms with E-state index in [-0.39, 0.29) is 11.9 Å². The normalized spacial score (nSPS) is 24.4. The van der Waals surface area contributed by atoms with E-state index in [0.717, 1.165) is 5.56 Å². The van der Waals surface area contributed by atoms with E-state index in [9.17, 15) is 4.79 Å². The Bertz CT molecular complexity index is 964. The molecular formula is C21H22N4O2. The molecule has 0 radical (unpaired) electrons. The lowest BCUT2D eigenvalue weighted by molar-refractivity contribution is -0.129. The molecule has 2 aromatic rings. The van der Waals surface area contributed by atoms with Gasteiger partial charge in [0.1, 0.15) is 5.75 Å². The summed E-state index contributed by atoms with van der Waals surface area (Å²) in [6, 6.07) is 8.01. The van der Waals surface area contributed by atoms with Gasteiger partial charge in [0.2, 0.25) is 5.54 Å². The minimum Gasteiger partial charge on any atom is -0.455 e. The molecule has 3 heterocycles. The Balaban J connectivity index is 1.73. The zero-order valence-electron chi connectivity index (χ0n) is 15.3. The summed E-state index contributed by atoms with van der Waals surface area (Å²) in [5, 5.41) is 0. The molecule has 1 spiro atoms. The van der Waals surface area contributed by atoms with Gasteiger partial charge in [0.15, 0.2) is 11.7 Å². The SMILES string of the molecule is CN1C(=O)C2(N=C1N)c1ccncc1Oc1ccc(C3CCCCC3)cc12. The minimum atomic E-state index is -1.19. The van der Waals surface area contributed by atoms with E-state index in [1.807, 2.05) is 6.07 Å². The number of pyridine rings is 1. The molecule has 1 unspecified atom stereocenters. The predicted molar refractivity (Wildman–Crippen MR) is 102 cm³/mol. The zero-order chi connectivity index (χ0) is 18.6. The van der Waals surface area contributed by atoms with Crippen LogP contribution >= 0.6 is 0 Å². The molecule has 6 nitrogen and oxygen atoms in total. The molecule has 1 atom stereocenters. The van der Waals surface area contributed by atoms with Crippen molar-refractivity contribution in [1.82, 2.24) is 9.88 Å². The second-order valence-electron chi connectivity index (χ2n) is 7.61. The molecule has 1 aliphatic carbocycles. The molecule has 1 saturated carbocycles. The average molecular weight is 362 g/mol. The van der Waals surface area contributed by atoms with Crippen LogP contribution < -0.4 is 10.5 Å². The van der Waals surface area contributed by atoms with E-state index in [2.05, 4.69) is 22.1 Å². The second kappa shape index (κ2) is 5.81. The lowest BCUT2D eigenvalue weighted by Crippen LogP contribution is -2.42. The Morgan fingerprint density at radius 2 is 1.96 bits per heavy atom. The number of ether oxygens (including phenoxy) is 1. The van der Waals surface area contributed by atoms with Crippen molar-refractivity contribution in [3.05, 3.63) is 53.3 Å². The Hall–Kier alpha value is -2.89. The number of benzene rings is 1. The maximum absolute atomic E-state index is 13.4. The van der Waals surface area contributed by atoms with Crippen molar-refractivity contribution < 1.29 is 9.53 Å². The van der Waals surface area contributed by atoms with E-state index >= 15 is 0 Å². The molecule has 0 saturated heterocycles. The largest absolute Gasteiger partial charge is 0.455 e. The Morgan fingerprint density at radius 1 is 1.15 bits per heavy atom. The van der Waals surface area contributed by atoms with Gasteiger partial charge in [-0.15, -0.1) is 0 Å². The van der Waals surface area contributed by atoms with Gasteiger partial charge in [-0.2, -0.15) is 0 Å². The third kappa shape index (κ3) is 2.22. The first kappa shape index (κ1) is 16.3. The number of nitrogens with zero attached hydrogens (tertiary/aromatic N) is 3. The van der Waals surface area contributed by atoms with E-state index in [1.54, 1.807) is 25.5 Å². The number of likely N-dealkylation sites (N-methyl/N-ethyl adjacent to an activating group) is 1. The third-order valence-electron chi connectivity index (χ3n) is 6.10. The molecule has 6 heteroatoms. The number of carbonyl (C=O) groups excluding carboxylic acids is 1. The Kier molecular flexibility index (Phi) is 3.50. The molecule has 1 aromatic heterocycles. The molecule has 0 bridgehead atoms. The quantitative estimate of drug-likeness (QED) is 0.844. The van der Waals surface area contributed by atoms with E-state index in [4.69, 9.17) is 10.5 Å². The van der Waals surface area contributed by atoms with Crippen LogP contribution in [0.2, 0.25) is 0 Å². The first-order chi connectivity index (χ1) is 13.1. The topological polar surface area (TPSA) is 80.8 Å². The maximum atomic E-state index is 13.4. The molecule has 5 rings (SSSR count). The number of aromatic nitrogens is 1. The highest BCUT2D eigenvalue weighted by atomic mass is 16.5. The zero-order valence-corrected chi connectivity index (χ0v) is 15.3. The third-order valence-corrected chi connectivity index (χ3v) is 6.10. The van der Waals surface area contributed by atoms with Crippen molar-refractivity contribution >= 4 is 11.9 Å². The molecule has 3 aliphatic rings. The van der Waals surface area contributed by atoms with Gasteiger partial charge in [0, 0.05) is 24.4 Å². The lowest BCUT2D eigenvalue weighted by Gasteiger charge is -2.34. The number of hydrogen-bond donors (Lipinski definition) is 1. The number of aliphatic imine (C=N–C) groups is 1. The highest BCUT2D eigenvalue weighted by molar-refractivity contribution is 6.09. The monoisotopic (exact) mass is 362 g/mol. The summed E-state index contributed by atoms with van der Waals surface area (Å²) in [4.78, 5) is 23.6. The van der Waals surface area contributed by atoms with Crippen molar-refractivity contribution in [3.63, 3.8) is 0 Å². The number of carbonyl (C=O) groups is 1. The van der Waals surface area contributed by atoms with Gasteiger partial charge in [0.25, 0.3) is 5.91 Å². The first-order valence-electron chi connectivity index (χ1n) is 9.51. The lowest BCUT2D eigenvalue weighted by atomic mass is 9.77. The van der Waals surface area contributed by atoms with Crippen LogP contribution in [0.5, 0.6) is 11.5 Å². The fourth-order valence-electron chi connectivity index (χ4n) is 4.63. The molecule has 1 amide bonds. The van der Waals surface area contributed by atoms with Crippen LogP contribution in [0.1, 0.15) is 54.7 Å². The highest BCUT2D eigenvalue weighted by Gasteiger charge is 2.54. The van der Waals surface area contributed by atoms with Crippen molar-refractivity contribution in [2.45, 2.75) is 43.6 Å². The van der Waals surface area contributed by atoms with Crippen LogP contribution in [0.4, 0.5) is 0 Å². The molecule has 1 aromatic carbocycles. The van der Waals surface area contributed by atoms with Crippen LogP contribution in [0, 0.1) is 0 Å². The number of nitrogens with two attached hydrogens (primary N) is 1. The van der Waals surface area contributed by atoms with E-state index in [1.165, 1.54) is 42.6 Å². The standard InChI is InChI=1S/C21H22N4O2/c1-25-19(26)21(24-20(25)22)15-9-10-23-12-18(15)27-17-8-7-14(11-16(17)21)13-5-3-2-4-6-13/h7-13H,2-6H2,1H3,(H2,22,24). The van der Waals surface area contributed by atoms with Gasteiger partial charge in [-0.3, -0.25) is 14.7 Å². The molecule has 1 fully saturated rings. The second-order valence-corrected chi connectivity index (χ2v) is 7.61. The molecule has 2 aliphatic heterocycles.